The van der Waals surface area contributed by atoms with E-state index in [2.05, 4.69) is 14.7 Å². The summed E-state index contributed by atoms with van der Waals surface area (Å²) in [6.45, 7) is 1.75. The lowest BCUT2D eigenvalue weighted by Gasteiger charge is -2.22. The van der Waals surface area contributed by atoms with Crippen molar-refractivity contribution < 1.29 is 22.4 Å². The quantitative estimate of drug-likeness (QED) is 0.857. The van der Waals surface area contributed by atoms with Crippen molar-refractivity contribution in [3.63, 3.8) is 0 Å². The molecule has 1 aliphatic heterocycles. The highest BCUT2D eigenvalue weighted by molar-refractivity contribution is 5.06. The van der Waals surface area contributed by atoms with Crippen molar-refractivity contribution in [1.82, 2.24) is 10.1 Å². The van der Waals surface area contributed by atoms with Crippen molar-refractivity contribution in [2.75, 3.05) is 13.2 Å². The number of hydrogen-bond acceptors (Lipinski definition) is 5. The molecule has 8 heteroatoms. The molecule has 0 aromatic carbocycles. The Morgan fingerprint density at radius 1 is 1.41 bits per heavy atom. The van der Waals surface area contributed by atoms with Crippen LogP contribution in [0.5, 0.6) is 0 Å². The van der Waals surface area contributed by atoms with Gasteiger partial charge in [-0.1, -0.05) is 5.16 Å². The molecule has 2 unspecified atom stereocenters. The third kappa shape index (κ3) is 2.14. The smallest absolute Gasteiger partial charge is 0.381 e. The minimum Gasteiger partial charge on any atom is -0.381 e. The molecule has 1 aliphatic rings. The number of alkyl halides is 3. The highest BCUT2D eigenvalue weighted by Gasteiger charge is 2.53. The van der Waals surface area contributed by atoms with Crippen LogP contribution >= 0.6 is 0 Å². The molecule has 0 aliphatic carbocycles. The van der Waals surface area contributed by atoms with Crippen LogP contribution in [-0.2, 0) is 10.3 Å². The Hall–Kier alpha value is -1.15. The third-order valence-corrected chi connectivity index (χ3v) is 2.77. The number of ether oxygens (including phenoxy) is 1. The molecule has 0 radical (unpaired) electrons. The lowest BCUT2D eigenvalue weighted by atomic mass is 10.0. The average Bonchev–Trinajstić information content (AvgIpc) is 2.87. The minimum atomic E-state index is -4.64. The number of aromatic nitrogens is 2. The first-order valence-corrected chi connectivity index (χ1v) is 5.10. The zero-order valence-corrected chi connectivity index (χ0v) is 9.12. The Morgan fingerprint density at radius 2 is 2.12 bits per heavy atom. The maximum atomic E-state index is 12.6. The molecule has 0 saturated carbocycles. The van der Waals surface area contributed by atoms with Crippen molar-refractivity contribution in [2.45, 2.75) is 31.0 Å². The minimum absolute atomic E-state index is 0.114. The SMILES string of the molecule is CC(N)(c1nc(C2CCOC2)no1)C(F)(F)F. The van der Waals surface area contributed by atoms with E-state index in [1.54, 1.807) is 0 Å². The average molecular weight is 251 g/mol. The van der Waals surface area contributed by atoms with E-state index < -0.39 is 17.6 Å². The van der Waals surface area contributed by atoms with Crippen molar-refractivity contribution >= 4 is 0 Å². The number of nitrogens with two attached hydrogens (primary N) is 1. The molecule has 1 aromatic heterocycles. The molecule has 1 saturated heterocycles. The Kier molecular flexibility index (Phi) is 2.86. The van der Waals surface area contributed by atoms with Gasteiger partial charge in [-0.2, -0.15) is 18.2 Å². The van der Waals surface area contributed by atoms with Gasteiger partial charge in [-0.3, -0.25) is 0 Å². The summed E-state index contributed by atoms with van der Waals surface area (Å²) in [6.07, 6.45) is -3.96. The van der Waals surface area contributed by atoms with E-state index in [1.807, 2.05) is 0 Å². The van der Waals surface area contributed by atoms with E-state index >= 15 is 0 Å². The van der Waals surface area contributed by atoms with Gasteiger partial charge in [-0.05, 0) is 13.3 Å². The normalized spacial score (nSPS) is 24.9. The van der Waals surface area contributed by atoms with Crippen molar-refractivity contribution in [3.8, 4) is 0 Å². The molecule has 2 N–H and O–H groups in total. The molecule has 1 aromatic rings. The molecule has 2 heterocycles. The second-order valence-corrected chi connectivity index (χ2v) is 4.22. The highest BCUT2D eigenvalue weighted by atomic mass is 19.4. The lowest BCUT2D eigenvalue weighted by molar-refractivity contribution is -0.190. The summed E-state index contributed by atoms with van der Waals surface area (Å²) in [5.41, 5.74) is 2.55. The predicted octanol–water partition coefficient (Wildman–Crippen LogP) is 1.31. The summed E-state index contributed by atoms with van der Waals surface area (Å²) in [6, 6.07) is 0. The van der Waals surface area contributed by atoms with Crippen LogP contribution in [0.3, 0.4) is 0 Å². The maximum absolute atomic E-state index is 12.6. The van der Waals surface area contributed by atoms with Gasteiger partial charge in [0.2, 0.25) is 0 Å². The molecule has 96 valence electrons. The van der Waals surface area contributed by atoms with Crippen LogP contribution in [0.2, 0.25) is 0 Å². The van der Waals surface area contributed by atoms with Crippen LogP contribution < -0.4 is 5.73 Å². The Morgan fingerprint density at radius 3 is 2.65 bits per heavy atom. The molecule has 5 nitrogen and oxygen atoms in total. The van der Waals surface area contributed by atoms with Crippen LogP contribution in [0.25, 0.3) is 0 Å². The second kappa shape index (κ2) is 3.95. The van der Waals surface area contributed by atoms with Gasteiger partial charge in [0.1, 0.15) is 0 Å². The molecule has 0 amide bonds. The van der Waals surface area contributed by atoms with Gasteiger partial charge in [-0.15, -0.1) is 0 Å². The zero-order valence-electron chi connectivity index (χ0n) is 9.12. The van der Waals surface area contributed by atoms with Crippen LogP contribution in [0.4, 0.5) is 13.2 Å². The molecule has 0 spiro atoms. The Labute approximate surface area is 95.1 Å². The van der Waals surface area contributed by atoms with E-state index in [0.29, 0.717) is 19.6 Å². The first-order valence-electron chi connectivity index (χ1n) is 5.10. The van der Waals surface area contributed by atoms with Gasteiger partial charge >= 0.3 is 6.18 Å². The molecule has 17 heavy (non-hydrogen) atoms. The van der Waals surface area contributed by atoms with Gasteiger partial charge in [0, 0.05) is 12.5 Å². The molecule has 1 fully saturated rings. The standard InChI is InChI=1S/C9H12F3N3O2/c1-8(13,9(10,11)12)7-14-6(15-17-7)5-2-3-16-4-5/h5H,2-4,13H2,1H3. The zero-order chi connectivity index (χ0) is 12.7. The van der Waals surface area contributed by atoms with E-state index in [-0.39, 0.29) is 11.7 Å². The summed E-state index contributed by atoms with van der Waals surface area (Å²) >= 11 is 0. The molecular weight excluding hydrogens is 239 g/mol. The fourth-order valence-electron chi connectivity index (χ4n) is 1.47. The topological polar surface area (TPSA) is 74.2 Å². The summed E-state index contributed by atoms with van der Waals surface area (Å²) in [7, 11) is 0. The van der Waals surface area contributed by atoms with Gasteiger partial charge in [-0.25, -0.2) is 0 Å². The summed E-state index contributed by atoms with van der Waals surface area (Å²) in [5, 5.41) is 3.53. The van der Waals surface area contributed by atoms with Crippen LogP contribution in [-0.4, -0.2) is 29.5 Å². The predicted molar refractivity (Wildman–Crippen MR) is 50.1 cm³/mol. The maximum Gasteiger partial charge on any atom is 0.415 e. The fourth-order valence-corrected chi connectivity index (χ4v) is 1.47. The molecule has 2 atom stereocenters. The van der Waals surface area contributed by atoms with Gasteiger partial charge in [0.25, 0.3) is 5.89 Å². The van der Waals surface area contributed by atoms with Crippen molar-refractivity contribution in [3.05, 3.63) is 11.7 Å². The third-order valence-electron chi connectivity index (χ3n) is 2.77. The second-order valence-electron chi connectivity index (χ2n) is 4.22. The Bertz CT molecular complexity index is 396. The van der Waals surface area contributed by atoms with Crippen LogP contribution in [0.1, 0.15) is 31.0 Å². The Balaban J connectivity index is 2.23. The van der Waals surface area contributed by atoms with Crippen LogP contribution in [0, 0.1) is 0 Å². The first-order chi connectivity index (χ1) is 7.82. The number of nitrogens with zero attached hydrogens (tertiary/aromatic N) is 2. The first kappa shape index (κ1) is 12.3. The van der Waals surface area contributed by atoms with Gasteiger partial charge in [0.05, 0.1) is 6.61 Å². The van der Waals surface area contributed by atoms with Gasteiger partial charge in [0.15, 0.2) is 11.4 Å². The number of hydrogen-bond donors (Lipinski definition) is 1. The van der Waals surface area contributed by atoms with Crippen molar-refractivity contribution in [1.29, 1.82) is 0 Å². The number of rotatable bonds is 2. The monoisotopic (exact) mass is 251 g/mol. The fraction of sp³-hybridized carbons (Fsp3) is 0.778. The highest BCUT2D eigenvalue weighted by Crippen LogP contribution is 2.36. The van der Waals surface area contributed by atoms with Gasteiger partial charge < -0.3 is 15.0 Å². The lowest BCUT2D eigenvalue weighted by Crippen LogP contribution is -2.48. The van der Waals surface area contributed by atoms with Crippen LogP contribution in [0.15, 0.2) is 4.52 Å². The van der Waals surface area contributed by atoms with Crippen molar-refractivity contribution in [2.24, 2.45) is 5.73 Å². The summed E-state index contributed by atoms with van der Waals surface area (Å²) in [5.74, 6) is -0.512. The molecular formula is C9H12F3N3O2. The summed E-state index contributed by atoms with van der Waals surface area (Å²) < 4.78 is 47.6. The largest absolute Gasteiger partial charge is 0.415 e. The summed E-state index contributed by atoms with van der Waals surface area (Å²) in [4.78, 5) is 3.73. The number of halogens is 3. The van der Waals surface area contributed by atoms with E-state index in [4.69, 9.17) is 10.5 Å². The van der Waals surface area contributed by atoms with E-state index in [1.165, 1.54) is 0 Å². The van der Waals surface area contributed by atoms with E-state index in [9.17, 15) is 13.2 Å². The van der Waals surface area contributed by atoms with E-state index in [0.717, 1.165) is 6.92 Å². The molecule has 2 rings (SSSR count). The molecule has 0 bridgehead atoms.